The van der Waals surface area contributed by atoms with Crippen molar-refractivity contribution in [3.05, 3.63) is 0 Å². The maximum absolute atomic E-state index is 11.0. The molecule has 1 saturated carbocycles. The van der Waals surface area contributed by atoms with Gasteiger partial charge in [0.1, 0.15) is 6.10 Å². The summed E-state index contributed by atoms with van der Waals surface area (Å²) in [5.41, 5.74) is 0. The fraction of sp³-hybridized carbons (Fsp3) is 1.00. The van der Waals surface area contributed by atoms with E-state index in [2.05, 4.69) is 0 Å². The van der Waals surface area contributed by atoms with Crippen LogP contribution in [0.5, 0.6) is 0 Å². The van der Waals surface area contributed by atoms with Gasteiger partial charge < -0.3 is 30.2 Å². The Bertz CT molecular complexity index is 298. The molecular weight excluding hydrogens is 227 g/mol. The van der Waals surface area contributed by atoms with Crippen LogP contribution in [-0.4, -0.2) is 47.4 Å². The summed E-state index contributed by atoms with van der Waals surface area (Å²) in [6.45, 7) is 1.49. The first-order valence-corrected chi connectivity index (χ1v) is 6.06. The molecule has 6 N–H and O–H groups in total. The van der Waals surface area contributed by atoms with E-state index < -0.39 is 37.2 Å². The van der Waals surface area contributed by atoms with Crippen molar-refractivity contribution in [1.29, 1.82) is 0 Å². The molecule has 0 radical (unpaired) electrons. The molecule has 1 aliphatic carbocycles. The summed E-state index contributed by atoms with van der Waals surface area (Å²) in [7, 11) is -5.14. The lowest BCUT2D eigenvalue weighted by atomic mass is 9.81. The van der Waals surface area contributed by atoms with E-state index in [-0.39, 0.29) is 6.42 Å². The summed E-state index contributed by atoms with van der Waals surface area (Å²) < 4.78 is 11.0. The van der Waals surface area contributed by atoms with Gasteiger partial charge in [-0.1, -0.05) is 6.92 Å². The van der Waals surface area contributed by atoms with E-state index in [1.54, 1.807) is 0 Å². The second-order valence-electron chi connectivity index (χ2n) is 4.05. The maximum Gasteiger partial charge on any atom is 0.362 e. The van der Waals surface area contributed by atoms with E-state index >= 15 is 0 Å². The van der Waals surface area contributed by atoms with Crippen molar-refractivity contribution in [1.82, 2.24) is 0 Å². The molecule has 3 unspecified atom stereocenters. The predicted octanol–water partition coefficient (Wildman–Crippen LogP) is -1.68. The van der Waals surface area contributed by atoms with Gasteiger partial charge >= 0.3 is 7.60 Å². The third kappa shape index (κ3) is 1.74. The Labute approximate surface area is 86.2 Å². The van der Waals surface area contributed by atoms with Gasteiger partial charge in [-0.25, -0.2) is 0 Å². The molecule has 8 heteroatoms. The summed E-state index contributed by atoms with van der Waals surface area (Å²) in [5, 5.41) is 34.9. The molecule has 1 rings (SSSR count). The van der Waals surface area contributed by atoms with Crippen molar-refractivity contribution < 1.29 is 34.8 Å². The van der Waals surface area contributed by atoms with Gasteiger partial charge in [0.25, 0.3) is 0 Å². The van der Waals surface area contributed by atoms with Gasteiger partial charge in [0.2, 0.25) is 11.1 Å². The summed E-state index contributed by atoms with van der Waals surface area (Å²) >= 11 is 0. The minimum atomic E-state index is -5.14. The highest BCUT2D eigenvalue weighted by Gasteiger charge is 2.66. The Hall–Kier alpha value is -0.0100. The normalized spacial score (nSPS) is 41.5. The first-order chi connectivity index (χ1) is 6.54. The average Bonchev–Trinajstić information content (AvgIpc) is 2.07. The van der Waals surface area contributed by atoms with Crippen LogP contribution in [-0.2, 0) is 4.57 Å². The van der Waals surface area contributed by atoms with E-state index in [1.165, 1.54) is 6.92 Å². The molecule has 0 aromatic heterocycles. The number of hydrogen-bond acceptors (Lipinski definition) is 5. The molecule has 0 aliphatic heterocycles. The molecule has 1 fully saturated rings. The molecule has 0 saturated heterocycles. The van der Waals surface area contributed by atoms with Crippen LogP contribution in [0, 0.1) is 5.92 Å². The molecule has 0 aromatic carbocycles. The van der Waals surface area contributed by atoms with Crippen molar-refractivity contribution in [2.24, 2.45) is 5.92 Å². The average molecular weight is 242 g/mol. The van der Waals surface area contributed by atoms with Gasteiger partial charge in [-0.2, -0.15) is 0 Å². The molecule has 15 heavy (non-hydrogen) atoms. The largest absolute Gasteiger partial charge is 0.387 e. The Morgan fingerprint density at radius 3 is 2.13 bits per heavy atom. The molecule has 3 atom stereocenters. The molecule has 1 aliphatic rings. The molecule has 0 aromatic rings. The number of hydrogen-bond donors (Lipinski definition) is 6. The number of rotatable bonds is 1. The monoisotopic (exact) mass is 242 g/mol. The Morgan fingerprint density at radius 1 is 1.27 bits per heavy atom. The molecule has 0 heterocycles. The Kier molecular flexibility index (Phi) is 3.04. The summed E-state index contributed by atoms with van der Waals surface area (Å²) in [4.78, 5) is 17.7. The van der Waals surface area contributed by atoms with Crippen LogP contribution in [0.2, 0.25) is 0 Å². The maximum atomic E-state index is 11.0. The molecule has 0 spiro atoms. The quantitative estimate of drug-likeness (QED) is 0.238. The smallest absolute Gasteiger partial charge is 0.362 e. The summed E-state index contributed by atoms with van der Waals surface area (Å²) in [5.74, 6) is -3.77. The third-order valence-electron chi connectivity index (χ3n) is 2.97. The van der Waals surface area contributed by atoms with Crippen LogP contribution in [0.3, 0.4) is 0 Å². The van der Waals surface area contributed by atoms with Crippen molar-refractivity contribution in [3.63, 3.8) is 0 Å². The fourth-order valence-corrected chi connectivity index (χ4v) is 2.75. The molecule has 0 bridgehead atoms. The molecule has 90 valence electrons. The highest BCUT2D eigenvalue weighted by Crippen LogP contribution is 2.59. The number of aliphatic hydroxyl groups is 4. The minimum absolute atomic E-state index is 0.0889. The van der Waals surface area contributed by atoms with Crippen LogP contribution in [0.15, 0.2) is 0 Å². The van der Waals surface area contributed by atoms with Crippen molar-refractivity contribution in [3.8, 4) is 0 Å². The molecular formula is C7H15O7P. The lowest BCUT2D eigenvalue weighted by Gasteiger charge is -2.47. The first-order valence-electron chi connectivity index (χ1n) is 4.45. The van der Waals surface area contributed by atoms with E-state index in [0.29, 0.717) is 0 Å². The standard InChI is InChI=1S/C7H15O7P/c1-4-2-3-6(9,15(12,13)14)7(10,11)5(4)8/h4-5,8-11H,2-3H2,1H3,(H2,12,13,14). The van der Waals surface area contributed by atoms with Gasteiger partial charge in [0, 0.05) is 0 Å². The zero-order valence-electron chi connectivity index (χ0n) is 8.11. The lowest BCUT2D eigenvalue weighted by Crippen LogP contribution is -2.65. The van der Waals surface area contributed by atoms with Crippen LogP contribution >= 0.6 is 7.60 Å². The number of aliphatic hydroxyl groups excluding tert-OH is 1. The van der Waals surface area contributed by atoms with E-state index in [4.69, 9.17) is 9.79 Å². The van der Waals surface area contributed by atoms with Crippen LogP contribution in [0.4, 0.5) is 0 Å². The first kappa shape index (κ1) is 13.1. The zero-order chi connectivity index (χ0) is 12.1. The van der Waals surface area contributed by atoms with Gasteiger partial charge in [0.05, 0.1) is 0 Å². The van der Waals surface area contributed by atoms with Gasteiger partial charge in [-0.15, -0.1) is 0 Å². The highest BCUT2D eigenvalue weighted by molar-refractivity contribution is 7.53. The minimum Gasteiger partial charge on any atom is -0.387 e. The van der Waals surface area contributed by atoms with E-state index in [1.807, 2.05) is 0 Å². The zero-order valence-corrected chi connectivity index (χ0v) is 9.00. The lowest BCUT2D eigenvalue weighted by molar-refractivity contribution is -0.317. The van der Waals surface area contributed by atoms with Crippen molar-refractivity contribution >= 4 is 7.60 Å². The Balaban J connectivity index is 3.17. The van der Waals surface area contributed by atoms with Crippen LogP contribution in [0.25, 0.3) is 0 Å². The van der Waals surface area contributed by atoms with E-state index in [0.717, 1.165) is 0 Å². The summed E-state index contributed by atoms with van der Waals surface area (Å²) in [6, 6.07) is 0. The SMILES string of the molecule is CC1CCC(O)(P(=O)(O)O)C(O)(O)C1O. The van der Waals surface area contributed by atoms with Crippen LogP contribution < -0.4 is 0 Å². The third-order valence-corrected chi connectivity index (χ3v) is 4.49. The second kappa shape index (κ2) is 3.49. The fourth-order valence-electron chi connectivity index (χ4n) is 1.76. The van der Waals surface area contributed by atoms with Crippen molar-refractivity contribution in [2.75, 3.05) is 0 Å². The van der Waals surface area contributed by atoms with E-state index in [9.17, 15) is 25.0 Å². The van der Waals surface area contributed by atoms with Gasteiger partial charge in [-0.3, -0.25) is 4.57 Å². The predicted molar refractivity (Wildman–Crippen MR) is 48.6 cm³/mol. The molecule has 7 nitrogen and oxygen atoms in total. The topological polar surface area (TPSA) is 138 Å². The van der Waals surface area contributed by atoms with Gasteiger partial charge in [-0.05, 0) is 18.8 Å². The highest BCUT2D eigenvalue weighted by atomic mass is 31.2. The Morgan fingerprint density at radius 2 is 1.73 bits per heavy atom. The van der Waals surface area contributed by atoms with Crippen molar-refractivity contribution in [2.45, 2.75) is 37.0 Å². The van der Waals surface area contributed by atoms with Crippen LogP contribution in [0.1, 0.15) is 19.8 Å². The molecule has 0 amide bonds. The summed E-state index contributed by atoms with van der Waals surface area (Å²) in [6.07, 6.45) is -2.20. The van der Waals surface area contributed by atoms with Gasteiger partial charge in [0.15, 0.2) is 0 Å². The second-order valence-corrected chi connectivity index (χ2v) is 5.88.